The first-order valence-corrected chi connectivity index (χ1v) is 11.0. The second-order valence-corrected chi connectivity index (χ2v) is 8.85. The molecular weight excluding hydrogens is 421 g/mol. The fourth-order valence-electron chi connectivity index (χ4n) is 3.98. The SMILES string of the molecule is CCOC(=O)C1CCc2sc(NC(=O)C3(c4cc(-c5ccccc5F)on4)CC3)nc21. The summed E-state index contributed by atoms with van der Waals surface area (Å²) < 4.78 is 24.5. The molecule has 2 heterocycles. The molecule has 5 rings (SSSR count). The van der Waals surface area contributed by atoms with E-state index in [0.717, 1.165) is 11.3 Å². The van der Waals surface area contributed by atoms with Gasteiger partial charge >= 0.3 is 5.97 Å². The fourth-order valence-corrected chi connectivity index (χ4v) is 5.02. The number of anilines is 1. The van der Waals surface area contributed by atoms with Crippen molar-refractivity contribution in [3.63, 3.8) is 0 Å². The number of aryl methyl sites for hydroxylation is 1. The van der Waals surface area contributed by atoms with Crippen LogP contribution in [-0.4, -0.2) is 28.6 Å². The van der Waals surface area contributed by atoms with Gasteiger partial charge in [-0.05, 0) is 44.7 Å². The van der Waals surface area contributed by atoms with Crippen LogP contribution in [0.15, 0.2) is 34.9 Å². The zero-order valence-corrected chi connectivity index (χ0v) is 17.6. The highest BCUT2D eigenvalue weighted by Crippen LogP contribution is 2.50. The molecule has 2 aliphatic rings. The van der Waals surface area contributed by atoms with Gasteiger partial charge in [0, 0.05) is 10.9 Å². The smallest absolute Gasteiger partial charge is 0.315 e. The molecule has 1 atom stereocenters. The summed E-state index contributed by atoms with van der Waals surface area (Å²) >= 11 is 1.39. The van der Waals surface area contributed by atoms with Gasteiger partial charge in [-0.1, -0.05) is 17.3 Å². The third-order valence-electron chi connectivity index (χ3n) is 5.83. The average molecular weight is 441 g/mol. The predicted molar refractivity (Wildman–Crippen MR) is 111 cm³/mol. The van der Waals surface area contributed by atoms with E-state index in [0.29, 0.717) is 48.0 Å². The van der Waals surface area contributed by atoms with Crippen LogP contribution in [0.1, 0.15) is 48.4 Å². The van der Waals surface area contributed by atoms with Crippen LogP contribution in [0.3, 0.4) is 0 Å². The van der Waals surface area contributed by atoms with Crippen molar-refractivity contribution in [2.45, 2.75) is 43.9 Å². The lowest BCUT2D eigenvalue weighted by Crippen LogP contribution is -2.28. The Hall–Kier alpha value is -3.07. The molecule has 0 saturated heterocycles. The molecule has 7 nitrogen and oxygen atoms in total. The van der Waals surface area contributed by atoms with E-state index in [9.17, 15) is 14.0 Å². The lowest BCUT2D eigenvalue weighted by molar-refractivity contribution is -0.145. The van der Waals surface area contributed by atoms with Crippen molar-refractivity contribution < 1.29 is 23.2 Å². The maximum atomic E-state index is 14.1. The molecule has 1 amide bonds. The number of hydrogen-bond acceptors (Lipinski definition) is 7. The Morgan fingerprint density at radius 1 is 1.35 bits per heavy atom. The normalized spacial score (nSPS) is 18.5. The lowest BCUT2D eigenvalue weighted by atomic mass is 10.0. The molecule has 1 saturated carbocycles. The van der Waals surface area contributed by atoms with Gasteiger partial charge in [0.25, 0.3) is 0 Å². The van der Waals surface area contributed by atoms with Gasteiger partial charge in [-0.15, -0.1) is 11.3 Å². The third-order valence-corrected chi connectivity index (χ3v) is 6.88. The molecule has 1 unspecified atom stereocenters. The minimum Gasteiger partial charge on any atom is -0.465 e. The van der Waals surface area contributed by atoms with Gasteiger partial charge in [0.15, 0.2) is 10.9 Å². The first-order chi connectivity index (χ1) is 15.0. The Labute approximate surface area is 181 Å². The summed E-state index contributed by atoms with van der Waals surface area (Å²) in [6.45, 7) is 2.10. The summed E-state index contributed by atoms with van der Waals surface area (Å²) in [6, 6.07) is 7.90. The summed E-state index contributed by atoms with van der Waals surface area (Å²) in [6.07, 6.45) is 2.67. The van der Waals surface area contributed by atoms with E-state index in [1.807, 2.05) is 0 Å². The second kappa shape index (κ2) is 7.56. The van der Waals surface area contributed by atoms with Gasteiger partial charge in [0.2, 0.25) is 5.91 Å². The van der Waals surface area contributed by atoms with Gasteiger partial charge in [-0.2, -0.15) is 0 Å². The summed E-state index contributed by atoms with van der Waals surface area (Å²) in [5.74, 6) is -0.983. The largest absolute Gasteiger partial charge is 0.465 e. The molecule has 160 valence electrons. The summed E-state index contributed by atoms with van der Waals surface area (Å²) in [5.41, 5.74) is 0.686. The van der Waals surface area contributed by atoms with Crippen molar-refractivity contribution >= 4 is 28.3 Å². The number of nitrogens with one attached hydrogen (secondary N) is 1. The molecular formula is C22H20FN3O4S. The Morgan fingerprint density at radius 3 is 2.90 bits per heavy atom. The minimum atomic E-state index is -0.802. The molecule has 1 fully saturated rings. The zero-order chi connectivity index (χ0) is 21.6. The van der Waals surface area contributed by atoms with E-state index in [2.05, 4.69) is 15.5 Å². The topological polar surface area (TPSA) is 94.3 Å². The molecule has 1 N–H and O–H groups in total. The Kier molecular flexibility index (Phi) is 4.85. The predicted octanol–water partition coefficient (Wildman–Crippen LogP) is 4.20. The third kappa shape index (κ3) is 3.42. The molecule has 2 aliphatic carbocycles. The summed E-state index contributed by atoms with van der Waals surface area (Å²) in [7, 11) is 0. The molecule has 0 radical (unpaired) electrons. The number of carbonyl (C=O) groups excluding carboxylic acids is 2. The van der Waals surface area contributed by atoms with Crippen LogP contribution < -0.4 is 5.32 Å². The van der Waals surface area contributed by atoms with E-state index in [-0.39, 0.29) is 23.6 Å². The van der Waals surface area contributed by atoms with Crippen molar-refractivity contribution in [2.75, 3.05) is 11.9 Å². The van der Waals surface area contributed by atoms with Crippen molar-refractivity contribution in [1.29, 1.82) is 0 Å². The number of aromatic nitrogens is 2. The number of benzene rings is 1. The molecule has 9 heteroatoms. The maximum absolute atomic E-state index is 14.1. The molecule has 31 heavy (non-hydrogen) atoms. The monoisotopic (exact) mass is 441 g/mol. The van der Waals surface area contributed by atoms with E-state index in [4.69, 9.17) is 9.26 Å². The number of amides is 1. The van der Waals surface area contributed by atoms with E-state index in [1.165, 1.54) is 17.4 Å². The lowest BCUT2D eigenvalue weighted by Gasteiger charge is -2.11. The van der Waals surface area contributed by atoms with Gasteiger partial charge in [0.1, 0.15) is 11.7 Å². The quantitative estimate of drug-likeness (QED) is 0.576. The Bertz CT molecular complexity index is 1170. The van der Waals surface area contributed by atoms with Crippen LogP contribution in [0.4, 0.5) is 9.52 Å². The first-order valence-electron chi connectivity index (χ1n) is 10.2. The van der Waals surface area contributed by atoms with Crippen LogP contribution in [0.25, 0.3) is 11.3 Å². The van der Waals surface area contributed by atoms with Gasteiger partial charge < -0.3 is 14.6 Å². The molecule has 1 aromatic carbocycles. The molecule has 0 aliphatic heterocycles. The van der Waals surface area contributed by atoms with Crippen LogP contribution >= 0.6 is 11.3 Å². The number of halogens is 1. The standard InChI is InChI=1S/C22H20FN3O4S/c1-2-29-19(27)13-7-8-16-18(13)24-21(31-16)25-20(28)22(9-10-22)17-11-15(30-26-17)12-5-3-4-6-14(12)23/h3-6,11,13H,2,7-10H2,1H3,(H,24,25,28). The number of hydrogen-bond donors (Lipinski definition) is 1. The van der Waals surface area contributed by atoms with Gasteiger partial charge in [-0.3, -0.25) is 9.59 Å². The second-order valence-electron chi connectivity index (χ2n) is 7.76. The number of fused-ring (bicyclic) bond motifs is 1. The highest BCUT2D eigenvalue weighted by Gasteiger charge is 2.54. The van der Waals surface area contributed by atoms with Crippen LogP contribution in [0, 0.1) is 5.82 Å². The van der Waals surface area contributed by atoms with Gasteiger partial charge in [-0.25, -0.2) is 9.37 Å². The van der Waals surface area contributed by atoms with Crippen molar-refractivity contribution in [3.05, 3.63) is 52.4 Å². The van der Waals surface area contributed by atoms with E-state index in [1.54, 1.807) is 31.2 Å². The number of carbonyl (C=O) groups is 2. The Morgan fingerprint density at radius 2 is 2.16 bits per heavy atom. The van der Waals surface area contributed by atoms with Crippen molar-refractivity contribution in [2.24, 2.45) is 0 Å². The van der Waals surface area contributed by atoms with Crippen LogP contribution in [0.5, 0.6) is 0 Å². The first kappa shape index (κ1) is 19.9. The summed E-state index contributed by atoms with van der Waals surface area (Å²) in [5, 5.41) is 7.41. The molecule has 0 spiro atoms. The number of esters is 1. The average Bonchev–Trinajstić information content (AvgIpc) is 3.07. The van der Waals surface area contributed by atoms with Crippen LogP contribution in [-0.2, 0) is 26.2 Å². The fraction of sp³-hybridized carbons (Fsp3) is 0.364. The number of nitrogens with zero attached hydrogens (tertiary/aromatic N) is 2. The highest BCUT2D eigenvalue weighted by molar-refractivity contribution is 7.16. The van der Waals surface area contributed by atoms with Crippen LogP contribution in [0.2, 0.25) is 0 Å². The molecule has 3 aromatic rings. The number of thiazole rings is 1. The number of ether oxygens (including phenoxy) is 1. The van der Waals surface area contributed by atoms with E-state index < -0.39 is 11.2 Å². The highest BCUT2D eigenvalue weighted by atomic mass is 32.1. The van der Waals surface area contributed by atoms with E-state index >= 15 is 0 Å². The number of rotatable bonds is 6. The molecule has 0 bridgehead atoms. The zero-order valence-electron chi connectivity index (χ0n) is 16.8. The minimum absolute atomic E-state index is 0.221. The molecule has 2 aromatic heterocycles. The van der Waals surface area contributed by atoms with Crippen molar-refractivity contribution in [3.8, 4) is 11.3 Å². The summed E-state index contributed by atoms with van der Waals surface area (Å²) in [4.78, 5) is 30.7. The van der Waals surface area contributed by atoms with Crippen molar-refractivity contribution in [1.82, 2.24) is 10.1 Å². The van der Waals surface area contributed by atoms with Gasteiger partial charge in [0.05, 0.1) is 29.0 Å². The Balaban J connectivity index is 1.34. The maximum Gasteiger partial charge on any atom is 0.315 e.